The average Bonchev–Trinajstić information content (AvgIpc) is 3.16. The summed E-state index contributed by atoms with van der Waals surface area (Å²) >= 11 is 0. The van der Waals surface area contributed by atoms with Gasteiger partial charge in [-0.1, -0.05) is 18.2 Å². The summed E-state index contributed by atoms with van der Waals surface area (Å²) in [5.41, 5.74) is -1.64. The summed E-state index contributed by atoms with van der Waals surface area (Å²) in [6.07, 6.45) is -1.46. The second-order valence-corrected chi connectivity index (χ2v) is 7.07. The number of guanidine groups is 2. The number of rotatable bonds is 3. The van der Waals surface area contributed by atoms with Crippen LogP contribution < -0.4 is 21.3 Å². The third kappa shape index (κ3) is 2.53. The largest absolute Gasteiger partial charge is 0.451 e. The van der Waals surface area contributed by atoms with E-state index >= 15 is 0 Å². The van der Waals surface area contributed by atoms with E-state index in [2.05, 4.69) is 21.3 Å². The Hall–Kier alpha value is -3.38. The van der Waals surface area contributed by atoms with Crippen LogP contribution in [0.4, 0.5) is 0 Å². The van der Waals surface area contributed by atoms with Gasteiger partial charge in [-0.05, 0) is 12.1 Å². The SMILES string of the molecule is CNC(=O)C1NC(=N)N2C[C@H](OC(=O)c3ccccc3)C(O)(O)C23NC(=N)NC13. The number of esters is 1. The number of carbonyl (C=O) groups is 2. The Balaban J connectivity index is 1.71. The average molecular weight is 403 g/mol. The number of aliphatic hydroxyl groups is 2. The van der Waals surface area contributed by atoms with Gasteiger partial charge in [0.1, 0.15) is 12.1 Å². The number of ether oxygens (including phenoxy) is 1. The first-order chi connectivity index (χ1) is 13.7. The molecule has 3 aliphatic rings. The normalized spacial score (nSPS) is 31.7. The molecular formula is C17H21N7O5. The van der Waals surface area contributed by atoms with Crippen molar-refractivity contribution in [3.8, 4) is 0 Å². The van der Waals surface area contributed by atoms with Crippen molar-refractivity contribution in [2.24, 2.45) is 0 Å². The molecule has 29 heavy (non-hydrogen) atoms. The quantitative estimate of drug-likeness (QED) is 0.193. The van der Waals surface area contributed by atoms with Crippen molar-refractivity contribution >= 4 is 23.8 Å². The molecule has 0 radical (unpaired) electrons. The minimum atomic E-state index is -2.72. The molecule has 0 bridgehead atoms. The van der Waals surface area contributed by atoms with Gasteiger partial charge in [0.25, 0.3) is 0 Å². The van der Waals surface area contributed by atoms with Gasteiger partial charge in [-0.25, -0.2) is 4.79 Å². The van der Waals surface area contributed by atoms with Gasteiger partial charge < -0.3 is 41.1 Å². The van der Waals surface area contributed by atoms with Crippen LogP contribution in [0, 0.1) is 10.8 Å². The van der Waals surface area contributed by atoms with E-state index in [0.29, 0.717) is 0 Å². The maximum absolute atomic E-state index is 12.5. The number of benzene rings is 1. The summed E-state index contributed by atoms with van der Waals surface area (Å²) in [6.45, 7) is -0.240. The lowest BCUT2D eigenvalue weighted by Gasteiger charge is -2.50. The van der Waals surface area contributed by atoms with Gasteiger partial charge >= 0.3 is 5.97 Å². The maximum atomic E-state index is 12.5. The highest BCUT2D eigenvalue weighted by Gasteiger charge is 2.75. The summed E-state index contributed by atoms with van der Waals surface area (Å²) in [6, 6.07) is 5.94. The van der Waals surface area contributed by atoms with Crippen LogP contribution in [0.25, 0.3) is 0 Å². The molecule has 3 aliphatic heterocycles. The fraction of sp³-hybridized carbons (Fsp3) is 0.412. The summed E-state index contributed by atoms with van der Waals surface area (Å²) in [5.74, 6) is -4.53. The molecule has 4 rings (SSSR count). The van der Waals surface area contributed by atoms with Gasteiger partial charge in [0.15, 0.2) is 23.7 Å². The van der Waals surface area contributed by atoms with Crippen LogP contribution in [0.1, 0.15) is 10.4 Å². The van der Waals surface area contributed by atoms with Crippen molar-refractivity contribution in [3.63, 3.8) is 0 Å². The Labute approximate surface area is 165 Å². The van der Waals surface area contributed by atoms with E-state index in [1.54, 1.807) is 18.2 Å². The molecule has 1 spiro atoms. The van der Waals surface area contributed by atoms with Crippen LogP contribution in [-0.2, 0) is 9.53 Å². The molecule has 3 heterocycles. The molecule has 12 nitrogen and oxygen atoms in total. The first-order valence-electron chi connectivity index (χ1n) is 8.90. The molecule has 3 unspecified atom stereocenters. The molecule has 8 N–H and O–H groups in total. The minimum absolute atomic E-state index is 0.226. The van der Waals surface area contributed by atoms with Gasteiger partial charge in [-0.3, -0.25) is 15.6 Å². The number of likely N-dealkylation sites (N-methyl/N-ethyl adjacent to an activating group) is 1. The third-order valence-corrected chi connectivity index (χ3v) is 5.53. The number of amides is 1. The number of hydrogen-bond acceptors (Lipinski definition) is 7. The van der Waals surface area contributed by atoms with E-state index in [9.17, 15) is 19.8 Å². The second-order valence-electron chi connectivity index (χ2n) is 7.07. The van der Waals surface area contributed by atoms with Gasteiger partial charge in [0.05, 0.1) is 12.1 Å². The van der Waals surface area contributed by atoms with Crippen LogP contribution in [-0.4, -0.2) is 82.1 Å². The zero-order chi connectivity index (χ0) is 21.0. The Bertz CT molecular complexity index is 891. The highest BCUT2D eigenvalue weighted by atomic mass is 16.6. The Morgan fingerprint density at radius 2 is 1.93 bits per heavy atom. The molecule has 1 aromatic rings. The Morgan fingerprint density at radius 3 is 2.59 bits per heavy atom. The third-order valence-electron chi connectivity index (χ3n) is 5.53. The number of carbonyl (C=O) groups excluding carboxylic acids is 2. The number of nitrogens with one attached hydrogen (secondary N) is 6. The molecule has 0 aromatic heterocycles. The lowest BCUT2D eigenvalue weighted by atomic mass is 9.85. The molecule has 3 fully saturated rings. The molecule has 154 valence electrons. The van der Waals surface area contributed by atoms with Crippen LogP contribution in [0.15, 0.2) is 30.3 Å². The monoisotopic (exact) mass is 403 g/mol. The first kappa shape index (κ1) is 19.0. The van der Waals surface area contributed by atoms with Gasteiger partial charge in [0, 0.05) is 7.05 Å². The van der Waals surface area contributed by atoms with Gasteiger partial charge in [0.2, 0.25) is 11.7 Å². The summed E-state index contributed by atoms with van der Waals surface area (Å²) in [4.78, 5) is 26.0. The first-order valence-corrected chi connectivity index (χ1v) is 8.90. The Kier molecular flexibility index (Phi) is 4.13. The van der Waals surface area contributed by atoms with Crippen LogP contribution in [0.2, 0.25) is 0 Å². The molecule has 0 aliphatic carbocycles. The van der Waals surface area contributed by atoms with E-state index in [0.717, 1.165) is 0 Å². The summed E-state index contributed by atoms with van der Waals surface area (Å²) < 4.78 is 5.37. The predicted octanol–water partition coefficient (Wildman–Crippen LogP) is -2.95. The number of hydrogen-bond donors (Lipinski definition) is 8. The van der Waals surface area contributed by atoms with E-state index in [1.165, 1.54) is 24.1 Å². The molecule has 0 saturated carbocycles. The van der Waals surface area contributed by atoms with Crippen molar-refractivity contribution in [1.29, 1.82) is 10.8 Å². The molecular weight excluding hydrogens is 382 g/mol. The zero-order valence-corrected chi connectivity index (χ0v) is 15.4. The van der Waals surface area contributed by atoms with E-state index < -0.39 is 41.5 Å². The van der Waals surface area contributed by atoms with Crippen molar-refractivity contribution in [3.05, 3.63) is 35.9 Å². The van der Waals surface area contributed by atoms with Crippen molar-refractivity contribution in [1.82, 2.24) is 26.2 Å². The molecule has 4 atom stereocenters. The summed E-state index contributed by atoms with van der Waals surface area (Å²) in [5, 5.41) is 48.9. The van der Waals surface area contributed by atoms with Crippen molar-refractivity contribution in [2.75, 3.05) is 13.6 Å². The van der Waals surface area contributed by atoms with Crippen LogP contribution in [0.3, 0.4) is 0 Å². The molecule has 1 amide bonds. The standard InChI is InChI=1S/C17H21N7O5/c1-20-12(25)10-11-16(23-14(18)22-11)17(27,28)9(7-24(16)15(19)21-10)29-13(26)8-5-3-2-4-6-8/h2-6,9-11,27-28H,7H2,1H3,(H2,19,21)(H,20,25)(H3,18,22,23)/t9-,10?,11?,16?/m0/s1. The number of nitrogens with zero attached hydrogens (tertiary/aromatic N) is 1. The smallest absolute Gasteiger partial charge is 0.338 e. The summed E-state index contributed by atoms with van der Waals surface area (Å²) in [7, 11) is 1.41. The highest BCUT2D eigenvalue weighted by molar-refractivity contribution is 5.95. The fourth-order valence-electron chi connectivity index (χ4n) is 4.17. The van der Waals surface area contributed by atoms with Crippen LogP contribution >= 0.6 is 0 Å². The lowest BCUT2D eigenvalue weighted by molar-refractivity contribution is -0.257. The lowest BCUT2D eigenvalue weighted by Crippen LogP contribution is -2.81. The molecule has 12 heteroatoms. The van der Waals surface area contributed by atoms with Crippen molar-refractivity contribution < 1.29 is 24.5 Å². The zero-order valence-electron chi connectivity index (χ0n) is 15.4. The topological polar surface area (TPSA) is 183 Å². The Morgan fingerprint density at radius 1 is 1.24 bits per heavy atom. The van der Waals surface area contributed by atoms with Gasteiger partial charge in [-0.2, -0.15) is 0 Å². The molecule has 1 aromatic carbocycles. The molecule has 3 saturated heterocycles. The maximum Gasteiger partial charge on any atom is 0.338 e. The second kappa shape index (κ2) is 6.32. The highest BCUT2D eigenvalue weighted by Crippen LogP contribution is 2.44. The van der Waals surface area contributed by atoms with Crippen molar-refractivity contribution in [2.45, 2.75) is 29.6 Å². The van der Waals surface area contributed by atoms with E-state index in [-0.39, 0.29) is 24.0 Å². The van der Waals surface area contributed by atoms with Gasteiger partial charge in [-0.15, -0.1) is 0 Å². The fourth-order valence-corrected chi connectivity index (χ4v) is 4.17. The van der Waals surface area contributed by atoms with E-state index in [1.807, 2.05) is 0 Å². The van der Waals surface area contributed by atoms with E-state index in [4.69, 9.17) is 15.6 Å². The van der Waals surface area contributed by atoms with Crippen LogP contribution in [0.5, 0.6) is 0 Å². The minimum Gasteiger partial charge on any atom is -0.451 e. The predicted molar refractivity (Wildman–Crippen MR) is 98.8 cm³/mol.